The van der Waals surface area contributed by atoms with Crippen molar-refractivity contribution in [2.24, 2.45) is 0 Å². The highest BCUT2D eigenvalue weighted by Gasteiger charge is 2.41. The van der Waals surface area contributed by atoms with Gasteiger partial charge in [0.05, 0.1) is 19.8 Å². The summed E-state index contributed by atoms with van der Waals surface area (Å²) < 4.78 is 17.5. The van der Waals surface area contributed by atoms with Gasteiger partial charge in [0.15, 0.2) is 11.5 Å². The number of hydrogen-bond donors (Lipinski definition) is 0. The monoisotopic (exact) mass is 412 g/mol. The fraction of sp³-hybridized carbons (Fsp3) is 0.542. The van der Waals surface area contributed by atoms with Gasteiger partial charge in [0.2, 0.25) is 0 Å². The van der Waals surface area contributed by atoms with E-state index in [9.17, 15) is 4.79 Å². The van der Waals surface area contributed by atoms with Gasteiger partial charge in [-0.1, -0.05) is 24.3 Å². The van der Waals surface area contributed by atoms with E-state index < -0.39 is 5.79 Å². The third-order valence-electron chi connectivity index (χ3n) is 6.22. The topological polar surface area (TPSA) is 55.2 Å². The molecule has 0 radical (unpaired) electrons. The van der Waals surface area contributed by atoms with E-state index in [0.29, 0.717) is 57.5 Å². The summed E-state index contributed by atoms with van der Waals surface area (Å²) in [6.07, 6.45) is 1.42. The lowest BCUT2D eigenvalue weighted by atomic mass is 10.0. The molecule has 6 nitrogen and oxygen atoms in total. The number of carbonyl (C=O) groups excluding carboxylic acids is 1. The summed E-state index contributed by atoms with van der Waals surface area (Å²) >= 11 is 0. The largest absolute Gasteiger partial charge is 0.455 e. The highest BCUT2D eigenvalue weighted by atomic mass is 16.7. The molecule has 1 amide bonds. The van der Waals surface area contributed by atoms with Crippen LogP contribution in [0.25, 0.3) is 0 Å². The normalized spacial score (nSPS) is 18.6. The number of nitrogens with zero attached hydrogens (tertiary/aromatic N) is 2. The molecule has 2 aromatic rings. The first-order valence-corrected chi connectivity index (χ1v) is 10.9. The Labute approximate surface area is 178 Å². The Bertz CT molecular complexity index is 860. The number of piperidine rings is 1. The Morgan fingerprint density at radius 3 is 2.43 bits per heavy atom. The molecule has 0 bridgehead atoms. The summed E-state index contributed by atoms with van der Waals surface area (Å²) in [5.74, 6) is 0.702. The number of amides is 1. The van der Waals surface area contributed by atoms with E-state index in [2.05, 4.69) is 49.9 Å². The fourth-order valence-electron chi connectivity index (χ4n) is 4.20. The van der Waals surface area contributed by atoms with Crippen LogP contribution in [0.5, 0.6) is 0 Å². The molecule has 1 aromatic heterocycles. The molecule has 0 aliphatic carbocycles. The van der Waals surface area contributed by atoms with E-state index in [4.69, 9.17) is 13.9 Å². The third kappa shape index (κ3) is 4.61. The molecule has 2 aliphatic heterocycles. The summed E-state index contributed by atoms with van der Waals surface area (Å²) in [6.45, 7) is 10.6. The van der Waals surface area contributed by atoms with Crippen LogP contribution in [-0.2, 0) is 22.6 Å². The molecule has 162 valence electrons. The zero-order valence-corrected chi connectivity index (χ0v) is 18.2. The van der Waals surface area contributed by atoms with Gasteiger partial charge in [-0.05, 0) is 44.0 Å². The van der Waals surface area contributed by atoms with Crippen LogP contribution < -0.4 is 0 Å². The molecule has 6 heteroatoms. The first-order valence-electron chi connectivity index (χ1n) is 10.9. The van der Waals surface area contributed by atoms with Crippen molar-refractivity contribution in [3.05, 3.63) is 59.0 Å². The van der Waals surface area contributed by atoms with E-state index >= 15 is 0 Å². The number of aryl methyl sites for hydroxylation is 1. The summed E-state index contributed by atoms with van der Waals surface area (Å²) in [6, 6.07) is 12.5. The number of ether oxygens (including phenoxy) is 2. The van der Waals surface area contributed by atoms with Crippen LogP contribution >= 0.6 is 0 Å². The lowest BCUT2D eigenvalue weighted by Crippen LogP contribution is -2.47. The van der Waals surface area contributed by atoms with E-state index in [1.807, 2.05) is 11.0 Å². The second-order valence-corrected chi connectivity index (χ2v) is 8.59. The molecule has 2 fully saturated rings. The summed E-state index contributed by atoms with van der Waals surface area (Å²) in [5, 5.41) is 0. The zero-order valence-electron chi connectivity index (χ0n) is 18.2. The molecular formula is C24H32N2O4. The molecule has 1 aromatic carbocycles. The Hall–Kier alpha value is -2.15. The Morgan fingerprint density at radius 1 is 1.07 bits per heavy atom. The molecule has 4 rings (SSSR count). The van der Waals surface area contributed by atoms with Gasteiger partial charge in [-0.2, -0.15) is 0 Å². The third-order valence-corrected chi connectivity index (χ3v) is 6.22. The first-order chi connectivity index (χ1) is 14.5. The zero-order chi connectivity index (χ0) is 21.1. The smallest absolute Gasteiger partial charge is 0.289 e. The van der Waals surface area contributed by atoms with Crippen LogP contribution in [0.2, 0.25) is 0 Å². The van der Waals surface area contributed by atoms with Gasteiger partial charge in [0.25, 0.3) is 5.91 Å². The van der Waals surface area contributed by atoms with E-state index in [-0.39, 0.29) is 5.91 Å². The fourth-order valence-corrected chi connectivity index (χ4v) is 4.20. The van der Waals surface area contributed by atoms with E-state index in [1.165, 1.54) is 11.1 Å². The molecule has 2 saturated heterocycles. The van der Waals surface area contributed by atoms with Crippen LogP contribution in [-0.4, -0.2) is 53.8 Å². The van der Waals surface area contributed by atoms with Crippen LogP contribution in [0.1, 0.15) is 54.1 Å². The van der Waals surface area contributed by atoms with Crippen molar-refractivity contribution >= 4 is 5.91 Å². The van der Waals surface area contributed by atoms with Gasteiger partial charge >= 0.3 is 0 Å². The number of benzene rings is 1. The van der Waals surface area contributed by atoms with Gasteiger partial charge in [-0.3, -0.25) is 9.69 Å². The summed E-state index contributed by atoms with van der Waals surface area (Å²) in [5.41, 5.74) is 2.60. The molecule has 0 unspecified atom stereocenters. The first kappa shape index (κ1) is 21.1. The van der Waals surface area contributed by atoms with Crippen molar-refractivity contribution in [3.8, 4) is 0 Å². The number of rotatable bonds is 6. The van der Waals surface area contributed by atoms with Crippen molar-refractivity contribution in [3.63, 3.8) is 0 Å². The molecule has 0 saturated carbocycles. The van der Waals surface area contributed by atoms with E-state index in [0.717, 1.165) is 12.3 Å². The Balaban J connectivity index is 1.38. The van der Waals surface area contributed by atoms with Gasteiger partial charge < -0.3 is 18.8 Å². The van der Waals surface area contributed by atoms with Gasteiger partial charge in [0.1, 0.15) is 5.76 Å². The van der Waals surface area contributed by atoms with Crippen molar-refractivity contribution in [1.82, 2.24) is 9.80 Å². The van der Waals surface area contributed by atoms with Crippen molar-refractivity contribution in [1.29, 1.82) is 0 Å². The van der Waals surface area contributed by atoms with Crippen LogP contribution in [0.3, 0.4) is 0 Å². The molecule has 1 spiro atoms. The van der Waals surface area contributed by atoms with Crippen LogP contribution in [0, 0.1) is 6.92 Å². The number of hydrogen-bond acceptors (Lipinski definition) is 5. The lowest BCUT2D eigenvalue weighted by molar-refractivity contribution is -0.181. The maximum Gasteiger partial charge on any atom is 0.289 e. The minimum absolute atomic E-state index is 0.0518. The minimum Gasteiger partial charge on any atom is -0.455 e. The molecule has 0 N–H and O–H groups in total. The highest BCUT2D eigenvalue weighted by molar-refractivity contribution is 5.91. The molecule has 30 heavy (non-hydrogen) atoms. The number of carbonyl (C=O) groups is 1. The quantitative estimate of drug-likeness (QED) is 0.718. The second kappa shape index (κ2) is 8.92. The number of likely N-dealkylation sites (tertiary alicyclic amines) is 1. The Kier molecular flexibility index (Phi) is 6.27. The standard InChI is InChI=1S/C24H32N2O4/c1-18(2)26(16-20-7-5-4-6-19(20)3)17-21-8-9-22(30-21)23(27)25-12-10-24(11-13-25)28-14-15-29-24/h4-9,18H,10-17H2,1-3H3. The predicted molar refractivity (Wildman–Crippen MR) is 114 cm³/mol. The molecule has 2 aliphatic rings. The lowest BCUT2D eigenvalue weighted by Gasteiger charge is -2.37. The van der Waals surface area contributed by atoms with Gasteiger partial charge in [-0.15, -0.1) is 0 Å². The van der Waals surface area contributed by atoms with Crippen molar-refractivity contribution < 1.29 is 18.7 Å². The minimum atomic E-state index is -0.474. The number of furan rings is 1. The summed E-state index contributed by atoms with van der Waals surface area (Å²) in [4.78, 5) is 17.1. The predicted octanol–water partition coefficient (Wildman–Crippen LogP) is 3.98. The van der Waals surface area contributed by atoms with Crippen LogP contribution in [0.4, 0.5) is 0 Å². The maximum atomic E-state index is 12.9. The van der Waals surface area contributed by atoms with Gasteiger partial charge in [-0.25, -0.2) is 0 Å². The molecular weight excluding hydrogens is 380 g/mol. The van der Waals surface area contributed by atoms with Crippen molar-refractivity contribution in [2.75, 3.05) is 26.3 Å². The maximum absolute atomic E-state index is 12.9. The average molecular weight is 413 g/mol. The Morgan fingerprint density at radius 2 is 1.77 bits per heavy atom. The van der Waals surface area contributed by atoms with Crippen LogP contribution in [0.15, 0.2) is 40.8 Å². The van der Waals surface area contributed by atoms with Crippen molar-refractivity contribution in [2.45, 2.75) is 58.5 Å². The second-order valence-electron chi connectivity index (χ2n) is 8.59. The average Bonchev–Trinajstić information content (AvgIpc) is 3.39. The van der Waals surface area contributed by atoms with E-state index in [1.54, 1.807) is 6.07 Å². The summed E-state index contributed by atoms with van der Waals surface area (Å²) in [7, 11) is 0. The SMILES string of the molecule is Cc1ccccc1CN(Cc1ccc(C(=O)N2CCC3(CC2)OCCO3)o1)C(C)C. The van der Waals surface area contributed by atoms with Gasteiger partial charge in [0, 0.05) is 38.5 Å². The molecule has 3 heterocycles. The molecule has 0 atom stereocenters. The highest BCUT2D eigenvalue weighted by Crippen LogP contribution is 2.32.